The molecule has 63 heavy (non-hydrogen) atoms. The number of fused-ring (bicyclic) bond motifs is 10. The number of nitrogens with two attached hydrogens (primary N) is 1. The topological polar surface area (TPSA) is 30.9 Å². The van der Waals surface area contributed by atoms with Gasteiger partial charge in [-0.15, -0.1) is 0 Å². The Morgan fingerprint density at radius 3 is 1.63 bits per heavy atom. The molecule has 0 aliphatic heterocycles. The summed E-state index contributed by atoms with van der Waals surface area (Å²) < 4.78 is 2.42. The third-order valence-corrected chi connectivity index (χ3v) is 13.8. The smallest absolute Gasteiger partial charge is 0.0631 e. The van der Waals surface area contributed by atoms with E-state index in [0.717, 1.165) is 29.6 Å². The number of benzene rings is 11. The molecule has 296 valence electrons. The van der Waals surface area contributed by atoms with E-state index in [0.29, 0.717) is 0 Å². The molecule has 2 heteroatoms. The van der Waals surface area contributed by atoms with Crippen molar-refractivity contribution in [2.45, 2.75) is 19.8 Å². The summed E-state index contributed by atoms with van der Waals surface area (Å²) in [6.07, 6.45) is 1.93. The first kappa shape index (κ1) is 35.8. The molecule has 0 fully saturated rings. The summed E-state index contributed by atoms with van der Waals surface area (Å²) in [4.78, 5) is 0. The van der Waals surface area contributed by atoms with E-state index in [1.165, 1.54) is 121 Å². The van der Waals surface area contributed by atoms with Gasteiger partial charge >= 0.3 is 0 Å². The number of nitrogen functional groups attached to an aromatic ring is 1. The zero-order chi connectivity index (χ0) is 41.8. The number of aromatic nitrogens is 1. The van der Waals surface area contributed by atoms with E-state index in [9.17, 15) is 0 Å². The molecular formula is C61H42N2. The molecule has 11 aromatic carbocycles. The molecule has 1 aliphatic rings. The maximum absolute atomic E-state index is 6.94. The van der Waals surface area contributed by atoms with Gasteiger partial charge in [-0.1, -0.05) is 195 Å². The molecule has 12 aromatic rings. The van der Waals surface area contributed by atoms with Crippen molar-refractivity contribution in [1.29, 1.82) is 0 Å². The molecule has 0 unspecified atom stereocenters. The van der Waals surface area contributed by atoms with Gasteiger partial charge in [-0.3, -0.25) is 0 Å². The van der Waals surface area contributed by atoms with Gasteiger partial charge in [-0.25, -0.2) is 0 Å². The molecule has 0 radical (unpaired) electrons. The Bertz CT molecular complexity index is 3760. The lowest BCUT2D eigenvalue weighted by atomic mass is 9.82. The molecule has 0 saturated carbocycles. The van der Waals surface area contributed by atoms with Crippen LogP contribution in [0.5, 0.6) is 0 Å². The van der Waals surface area contributed by atoms with Crippen LogP contribution in [-0.2, 0) is 6.42 Å². The SMILES string of the molecule is CCCc1c(N)c2ccc3ccccc3c2n1-c1ccc2c(ccc3cc(-c4ccc5c6c(cccc46)-c4c-5c(-c5ccccc5)c5ccccc5c4-c4ccccc4)ccc32)c1. The molecule has 0 amide bonds. The van der Waals surface area contributed by atoms with E-state index in [2.05, 4.69) is 212 Å². The molecule has 0 bridgehead atoms. The molecule has 13 rings (SSSR count). The van der Waals surface area contributed by atoms with Crippen LogP contribution in [0.2, 0.25) is 0 Å². The lowest BCUT2D eigenvalue weighted by Crippen LogP contribution is -2.02. The summed E-state index contributed by atoms with van der Waals surface area (Å²) in [6.45, 7) is 2.23. The van der Waals surface area contributed by atoms with E-state index >= 15 is 0 Å². The first-order valence-electron chi connectivity index (χ1n) is 22.2. The van der Waals surface area contributed by atoms with Crippen LogP contribution < -0.4 is 5.73 Å². The number of rotatable bonds is 6. The Balaban J connectivity index is 0.983. The van der Waals surface area contributed by atoms with Gasteiger partial charge in [0.15, 0.2) is 0 Å². The minimum absolute atomic E-state index is 0.886. The van der Waals surface area contributed by atoms with Crippen molar-refractivity contribution in [2.24, 2.45) is 0 Å². The highest BCUT2D eigenvalue weighted by molar-refractivity contribution is 6.29. The van der Waals surface area contributed by atoms with Crippen LogP contribution in [-0.4, -0.2) is 4.57 Å². The predicted molar refractivity (Wildman–Crippen MR) is 270 cm³/mol. The Hall–Kier alpha value is -7.94. The largest absolute Gasteiger partial charge is 0.397 e. The van der Waals surface area contributed by atoms with Crippen molar-refractivity contribution in [3.63, 3.8) is 0 Å². The fourth-order valence-corrected chi connectivity index (χ4v) is 11.1. The van der Waals surface area contributed by atoms with Gasteiger partial charge in [0.05, 0.1) is 11.2 Å². The molecule has 1 aromatic heterocycles. The van der Waals surface area contributed by atoms with E-state index < -0.39 is 0 Å². The van der Waals surface area contributed by atoms with Crippen molar-refractivity contribution in [2.75, 3.05) is 5.73 Å². The summed E-state index contributed by atoms with van der Waals surface area (Å²) in [6, 6.07) is 74.2. The summed E-state index contributed by atoms with van der Waals surface area (Å²) in [5.41, 5.74) is 24.2. The highest BCUT2D eigenvalue weighted by Crippen LogP contribution is 2.58. The monoisotopic (exact) mass is 802 g/mol. The molecule has 0 spiro atoms. The van der Waals surface area contributed by atoms with Crippen LogP contribution in [0, 0.1) is 0 Å². The Labute approximate surface area is 366 Å². The average Bonchev–Trinajstić information content (AvgIpc) is 3.82. The minimum Gasteiger partial charge on any atom is -0.397 e. The molecule has 2 N–H and O–H groups in total. The molecule has 1 heterocycles. The average molecular weight is 803 g/mol. The van der Waals surface area contributed by atoms with Crippen LogP contribution in [0.25, 0.3) is 126 Å². The third-order valence-electron chi connectivity index (χ3n) is 13.8. The molecular weight excluding hydrogens is 761 g/mol. The second-order valence-electron chi connectivity index (χ2n) is 17.2. The normalized spacial score (nSPS) is 12.1. The number of nitrogens with zero attached hydrogens (tertiary/aromatic N) is 1. The molecule has 0 saturated heterocycles. The highest BCUT2D eigenvalue weighted by atomic mass is 15.0. The van der Waals surface area contributed by atoms with E-state index in [1.54, 1.807) is 0 Å². The fraction of sp³-hybridized carbons (Fsp3) is 0.0492. The minimum atomic E-state index is 0.886. The summed E-state index contributed by atoms with van der Waals surface area (Å²) in [7, 11) is 0. The Kier molecular flexibility index (Phi) is 7.83. The second-order valence-corrected chi connectivity index (χ2v) is 17.2. The van der Waals surface area contributed by atoms with Crippen LogP contribution in [0.4, 0.5) is 5.69 Å². The van der Waals surface area contributed by atoms with Gasteiger partial charge in [0.25, 0.3) is 0 Å². The van der Waals surface area contributed by atoms with Crippen molar-refractivity contribution in [3.05, 3.63) is 206 Å². The summed E-state index contributed by atoms with van der Waals surface area (Å²) in [5, 5.41) is 13.7. The second kappa shape index (κ2) is 13.8. The fourth-order valence-electron chi connectivity index (χ4n) is 11.1. The van der Waals surface area contributed by atoms with Gasteiger partial charge in [-0.05, 0) is 129 Å². The van der Waals surface area contributed by atoms with Gasteiger partial charge < -0.3 is 10.3 Å². The summed E-state index contributed by atoms with van der Waals surface area (Å²) in [5.74, 6) is 0. The molecule has 1 aliphatic carbocycles. The van der Waals surface area contributed by atoms with Crippen molar-refractivity contribution in [1.82, 2.24) is 4.57 Å². The Morgan fingerprint density at radius 1 is 0.381 bits per heavy atom. The van der Waals surface area contributed by atoms with E-state index in [4.69, 9.17) is 5.73 Å². The van der Waals surface area contributed by atoms with Gasteiger partial charge in [-0.2, -0.15) is 0 Å². The van der Waals surface area contributed by atoms with E-state index in [-0.39, 0.29) is 0 Å². The Morgan fingerprint density at radius 2 is 0.937 bits per heavy atom. The van der Waals surface area contributed by atoms with Gasteiger partial charge in [0.1, 0.15) is 0 Å². The maximum atomic E-state index is 6.94. The van der Waals surface area contributed by atoms with Crippen molar-refractivity contribution in [3.8, 4) is 61.3 Å². The molecule has 2 nitrogen and oxygen atoms in total. The van der Waals surface area contributed by atoms with Crippen LogP contribution in [0.1, 0.15) is 19.0 Å². The first-order valence-corrected chi connectivity index (χ1v) is 22.2. The van der Waals surface area contributed by atoms with Crippen molar-refractivity contribution < 1.29 is 0 Å². The van der Waals surface area contributed by atoms with Crippen LogP contribution >= 0.6 is 0 Å². The lowest BCUT2D eigenvalue weighted by Gasteiger charge is -2.20. The number of hydrogen-bond donors (Lipinski definition) is 1. The third kappa shape index (κ3) is 5.19. The molecule has 0 atom stereocenters. The quantitative estimate of drug-likeness (QED) is 0.167. The summed E-state index contributed by atoms with van der Waals surface area (Å²) >= 11 is 0. The maximum Gasteiger partial charge on any atom is 0.0631 e. The van der Waals surface area contributed by atoms with E-state index in [1.807, 2.05) is 0 Å². The highest BCUT2D eigenvalue weighted by Gasteiger charge is 2.31. The first-order chi connectivity index (χ1) is 31.2. The zero-order valence-electron chi connectivity index (χ0n) is 35.0. The van der Waals surface area contributed by atoms with Crippen molar-refractivity contribution >= 4 is 70.5 Å². The van der Waals surface area contributed by atoms with Gasteiger partial charge in [0.2, 0.25) is 0 Å². The van der Waals surface area contributed by atoms with Crippen LogP contribution in [0.15, 0.2) is 200 Å². The standard InChI is InChI=1S/C61H42N2/c1-2-14-54-60(62)53-31-27-37-15-9-10-20-47(37)61(53)63(54)43-29-32-45-42(36-43)26-25-40-35-41(28-30-44(40)45)46-33-34-52-57-48(46)23-13-24-51(57)58-55(38-16-5-3-6-17-38)49-21-11-12-22-50(49)56(59(52)58)39-18-7-4-8-19-39/h3-13,15-36H,2,14,62H2,1H3. The van der Waals surface area contributed by atoms with Crippen LogP contribution in [0.3, 0.4) is 0 Å². The zero-order valence-corrected chi connectivity index (χ0v) is 35.0. The number of anilines is 1. The van der Waals surface area contributed by atoms with Gasteiger partial charge in [0, 0.05) is 22.2 Å². The number of hydrogen-bond acceptors (Lipinski definition) is 1. The lowest BCUT2D eigenvalue weighted by molar-refractivity contribution is 0.858. The predicted octanol–water partition coefficient (Wildman–Crippen LogP) is 16.6.